The molecule has 1 unspecified atom stereocenters. The molecular formula is C12H16FN. The molecule has 0 saturated carbocycles. The third-order valence-electron chi connectivity index (χ3n) is 3.06. The molecule has 1 aromatic rings. The van der Waals surface area contributed by atoms with E-state index in [2.05, 4.69) is 25.8 Å². The van der Waals surface area contributed by atoms with Gasteiger partial charge in [-0.25, -0.2) is 4.39 Å². The van der Waals surface area contributed by atoms with Gasteiger partial charge in [-0.3, -0.25) is 4.98 Å². The van der Waals surface area contributed by atoms with Crippen LogP contribution < -0.4 is 0 Å². The predicted octanol–water partition coefficient (Wildman–Crippen LogP) is 3.30. The third-order valence-corrected chi connectivity index (χ3v) is 3.06. The molecule has 0 fully saturated rings. The zero-order valence-electron chi connectivity index (χ0n) is 8.97. The standard InChI is InChI=1S/C12H16FN/c1-12(2,3)10-4-5-11-9(10)6-8(13)7-14-11/h6-7,10H,4-5H2,1-3H3. The fourth-order valence-electron chi connectivity index (χ4n) is 2.33. The van der Waals surface area contributed by atoms with Crippen LogP contribution in [0.15, 0.2) is 12.3 Å². The summed E-state index contributed by atoms with van der Waals surface area (Å²) >= 11 is 0. The summed E-state index contributed by atoms with van der Waals surface area (Å²) < 4.78 is 13.1. The molecule has 0 aliphatic heterocycles. The highest BCUT2D eigenvalue weighted by Crippen LogP contribution is 2.44. The lowest BCUT2D eigenvalue weighted by molar-refractivity contribution is 0.318. The van der Waals surface area contributed by atoms with E-state index in [4.69, 9.17) is 0 Å². The molecule has 76 valence electrons. The Balaban J connectivity index is 2.43. The van der Waals surface area contributed by atoms with Crippen LogP contribution in [0.1, 0.15) is 44.4 Å². The number of fused-ring (bicyclic) bond motifs is 1. The lowest BCUT2D eigenvalue weighted by atomic mass is 9.77. The SMILES string of the molecule is CC(C)(C)C1CCc2ncc(F)cc21. The number of nitrogens with zero attached hydrogens (tertiary/aromatic N) is 1. The maximum absolute atomic E-state index is 13.1. The van der Waals surface area contributed by atoms with Gasteiger partial charge in [-0.05, 0) is 35.8 Å². The summed E-state index contributed by atoms with van der Waals surface area (Å²) in [5, 5.41) is 0. The van der Waals surface area contributed by atoms with Crippen molar-refractivity contribution in [3.63, 3.8) is 0 Å². The van der Waals surface area contributed by atoms with E-state index < -0.39 is 0 Å². The van der Waals surface area contributed by atoms with Gasteiger partial charge < -0.3 is 0 Å². The van der Waals surface area contributed by atoms with Crippen LogP contribution in [-0.4, -0.2) is 4.98 Å². The van der Waals surface area contributed by atoms with Crippen molar-refractivity contribution in [3.05, 3.63) is 29.3 Å². The smallest absolute Gasteiger partial charge is 0.141 e. The van der Waals surface area contributed by atoms with E-state index >= 15 is 0 Å². The second-order valence-electron chi connectivity index (χ2n) is 5.15. The van der Waals surface area contributed by atoms with Crippen molar-refractivity contribution >= 4 is 0 Å². The number of halogens is 1. The number of pyridine rings is 1. The fraction of sp³-hybridized carbons (Fsp3) is 0.583. The van der Waals surface area contributed by atoms with Gasteiger partial charge >= 0.3 is 0 Å². The highest BCUT2D eigenvalue weighted by molar-refractivity contribution is 5.31. The molecule has 0 bridgehead atoms. The Morgan fingerprint density at radius 3 is 2.79 bits per heavy atom. The number of rotatable bonds is 0. The van der Waals surface area contributed by atoms with E-state index in [-0.39, 0.29) is 11.2 Å². The Morgan fingerprint density at radius 2 is 2.14 bits per heavy atom. The molecule has 1 aliphatic rings. The molecule has 1 nitrogen and oxygen atoms in total. The number of aromatic nitrogens is 1. The van der Waals surface area contributed by atoms with E-state index in [1.54, 1.807) is 6.07 Å². The first-order valence-corrected chi connectivity index (χ1v) is 5.13. The molecule has 14 heavy (non-hydrogen) atoms. The van der Waals surface area contributed by atoms with E-state index in [1.807, 2.05) is 0 Å². The predicted molar refractivity (Wildman–Crippen MR) is 54.7 cm³/mol. The van der Waals surface area contributed by atoms with E-state index in [1.165, 1.54) is 6.20 Å². The largest absolute Gasteiger partial charge is 0.258 e. The first-order valence-electron chi connectivity index (χ1n) is 5.13. The van der Waals surface area contributed by atoms with Crippen LogP contribution in [-0.2, 0) is 6.42 Å². The van der Waals surface area contributed by atoms with Crippen LogP contribution in [0.3, 0.4) is 0 Å². The summed E-state index contributed by atoms with van der Waals surface area (Å²) in [6.45, 7) is 6.62. The summed E-state index contributed by atoms with van der Waals surface area (Å²) in [6, 6.07) is 1.66. The maximum Gasteiger partial charge on any atom is 0.141 e. The summed E-state index contributed by atoms with van der Waals surface area (Å²) in [7, 11) is 0. The Hall–Kier alpha value is -0.920. The van der Waals surface area contributed by atoms with Gasteiger partial charge in [-0.2, -0.15) is 0 Å². The molecule has 0 saturated heterocycles. The lowest BCUT2D eigenvalue weighted by Crippen LogP contribution is -2.16. The second-order valence-corrected chi connectivity index (χ2v) is 5.15. The minimum atomic E-state index is -0.208. The second kappa shape index (κ2) is 3.04. The molecule has 1 aliphatic carbocycles. The number of hydrogen-bond donors (Lipinski definition) is 0. The minimum Gasteiger partial charge on any atom is -0.258 e. The highest BCUT2D eigenvalue weighted by Gasteiger charge is 2.33. The average Bonchev–Trinajstić information content (AvgIpc) is 2.45. The monoisotopic (exact) mass is 193 g/mol. The molecule has 0 aromatic carbocycles. The van der Waals surface area contributed by atoms with Crippen molar-refractivity contribution in [1.29, 1.82) is 0 Å². The van der Waals surface area contributed by atoms with Crippen molar-refractivity contribution in [2.24, 2.45) is 5.41 Å². The van der Waals surface area contributed by atoms with Crippen LogP contribution >= 0.6 is 0 Å². The average molecular weight is 193 g/mol. The van der Waals surface area contributed by atoms with Gasteiger partial charge in [0, 0.05) is 5.69 Å². The molecule has 0 radical (unpaired) electrons. The number of hydrogen-bond acceptors (Lipinski definition) is 1. The summed E-state index contributed by atoms with van der Waals surface area (Å²) in [4.78, 5) is 4.15. The summed E-state index contributed by atoms with van der Waals surface area (Å²) in [6.07, 6.45) is 3.43. The number of aryl methyl sites for hydroxylation is 1. The first kappa shape index (κ1) is 9.63. The molecule has 1 heterocycles. The van der Waals surface area contributed by atoms with Crippen molar-refractivity contribution in [2.75, 3.05) is 0 Å². The summed E-state index contributed by atoms with van der Waals surface area (Å²) in [5.74, 6) is 0.251. The Bertz CT molecular complexity index is 352. The maximum atomic E-state index is 13.1. The zero-order chi connectivity index (χ0) is 10.3. The van der Waals surface area contributed by atoms with Crippen LogP contribution in [0.4, 0.5) is 4.39 Å². The van der Waals surface area contributed by atoms with E-state index in [0.29, 0.717) is 5.92 Å². The van der Waals surface area contributed by atoms with Crippen molar-refractivity contribution in [2.45, 2.75) is 39.5 Å². The molecule has 0 spiro atoms. The van der Waals surface area contributed by atoms with Gasteiger partial charge in [0.25, 0.3) is 0 Å². The van der Waals surface area contributed by atoms with Gasteiger partial charge in [0.15, 0.2) is 0 Å². The summed E-state index contributed by atoms with van der Waals surface area (Å²) in [5.41, 5.74) is 2.42. The van der Waals surface area contributed by atoms with Crippen molar-refractivity contribution in [1.82, 2.24) is 4.98 Å². The Kier molecular flexibility index (Phi) is 2.09. The third kappa shape index (κ3) is 1.54. The quantitative estimate of drug-likeness (QED) is 0.616. The van der Waals surface area contributed by atoms with Crippen LogP contribution in [0.2, 0.25) is 0 Å². The normalized spacial score (nSPS) is 21.0. The topological polar surface area (TPSA) is 12.9 Å². The van der Waals surface area contributed by atoms with Crippen molar-refractivity contribution in [3.8, 4) is 0 Å². The van der Waals surface area contributed by atoms with Crippen LogP contribution in [0.25, 0.3) is 0 Å². The van der Waals surface area contributed by atoms with Crippen molar-refractivity contribution < 1.29 is 4.39 Å². The lowest BCUT2D eigenvalue weighted by Gasteiger charge is -2.27. The van der Waals surface area contributed by atoms with Crippen LogP contribution in [0, 0.1) is 11.2 Å². The van der Waals surface area contributed by atoms with Gasteiger partial charge in [0.05, 0.1) is 6.20 Å². The molecule has 1 atom stereocenters. The van der Waals surface area contributed by atoms with E-state index in [0.717, 1.165) is 24.1 Å². The Labute approximate surface area is 84.4 Å². The van der Waals surface area contributed by atoms with Gasteiger partial charge in [-0.15, -0.1) is 0 Å². The first-order chi connectivity index (χ1) is 6.48. The highest BCUT2D eigenvalue weighted by atomic mass is 19.1. The minimum absolute atomic E-state index is 0.208. The fourth-order valence-corrected chi connectivity index (χ4v) is 2.33. The van der Waals surface area contributed by atoms with Gasteiger partial charge in [0.1, 0.15) is 5.82 Å². The van der Waals surface area contributed by atoms with Gasteiger partial charge in [-0.1, -0.05) is 20.8 Å². The molecular weight excluding hydrogens is 177 g/mol. The van der Waals surface area contributed by atoms with Gasteiger partial charge in [0.2, 0.25) is 0 Å². The molecule has 2 rings (SSSR count). The zero-order valence-corrected chi connectivity index (χ0v) is 8.97. The molecule has 1 aromatic heterocycles. The molecule has 0 N–H and O–H groups in total. The van der Waals surface area contributed by atoms with Crippen LogP contribution in [0.5, 0.6) is 0 Å². The molecule has 0 amide bonds. The van der Waals surface area contributed by atoms with E-state index in [9.17, 15) is 4.39 Å². The molecule has 2 heteroatoms. The Morgan fingerprint density at radius 1 is 1.43 bits per heavy atom.